The van der Waals surface area contributed by atoms with Crippen LogP contribution < -0.4 is 15.5 Å². The van der Waals surface area contributed by atoms with Crippen LogP contribution in [0.2, 0.25) is 5.02 Å². The van der Waals surface area contributed by atoms with E-state index in [2.05, 4.69) is 39.8 Å². The molecule has 0 saturated carbocycles. The molecule has 3 rings (SSSR count). The third-order valence-corrected chi connectivity index (χ3v) is 5.01. The maximum atomic E-state index is 11.9. The van der Waals surface area contributed by atoms with Gasteiger partial charge in [0.25, 0.3) is 0 Å². The molecule has 0 aliphatic carbocycles. The van der Waals surface area contributed by atoms with Crippen LogP contribution in [0.1, 0.15) is 24.8 Å². The van der Waals surface area contributed by atoms with Crippen molar-refractivity contribution >= 4 is 34.8 Å². The minimum absolute atomic E-state index is 0.396. The van der Waals surface area contributed by atoms with Gasteiger partial charge in [-0.15, -0.1) is 0 Å². The molecule has 2 amide bonds. The van der Waals surface area contributed by atoms with Crippen molar-refractivity contribution in [3.05, 3.63) is 59.1 Å². The molecule has 0 bridgehead atoms. The second-order valence-corrected chi connectivity index (χ2v) is 7.06. The SMILES string of the molecule is O=C(NCCc1ccc(N2CCCCC2)cc1)C(=O)Nc1ccccc1Cl. The van der Waals surface area contributed by atoms with Crippen LogP contribution in [0, 0.1) is 0 Å². The van der Waals surface area contributed by atoms with Gasteiger partial charge in [0.15, 0.2) is 0 Å². The van der Waals surface area contributed by atoms with Gasteiger partial charge in [-0.1, -0.05) is 35.9 Å². The molecule has 5 nitrogen and oxygen atoms in total. The van der Waals surface area contributed by atoms with Crippen LogP contribution in [-0.2, 0) is 16.0 Å². The third kappa shape index (κ3) is 5.47. The predicted octanol–water partition coefficient (Wildman–Crippen LogP) is 3.63. The second kappa shape index (κ2) is 9.42. The van der Waals surface area contributed by atoms with E-state index in [1.54, 1.807) is 24.3 Å². The van der Waals surface area contributed by atoms with Gasteiger partial charge in [-0.3, -0.25) is 9.59 Å². The van der Waals surface area contributed by atoms with Gasteiger partial charge >= 0.3 is 11.8 Å². The zero-order valence-corrected chi connectivity index (χ0v) is 16.0. The summed E-state index contributed by atoms with van der Waals surface area (Å²) in [5.74, 6) is -1.39. The molecule has 6 heteroatoms. The summed E-state index contributed by atoms with van der Waals surface area (Å²) < 4.78 is 0. The predicted molar refractivity (Wildman–Crippen MR) is 109 cm³/mol. The zero-order chi connectivity index (χ0) is 19.1. The van der Waals surface area contributed by atoms with E-state index in [0.717, 1.165) is 18.7 Å². The summed E-state index contributed by atoms with van der Waals surface area (Å²) >= 11 is 5.98. The molecule has 1 aliphatic heterocycles. The van der Waals surface area contributed by atoms with Crippen molar-refractivity contribution in [1.82, 2.24) is 5.32 Å². The van der Waals surface area contributed by atoms with Crippen LogP contribution in [0.25, 0.3) is 0 Å². The molecule has 0 aromatic heterocycles. The van der Waals surface area contributed by atoms with Gasteiger partial charge < -0.3 is 15.5 Å². The minimum Gasteiger partial charge on any atom is -0.372 e. The van der Waals surface area contributed by atoms with E-state index in [1.165, 1.54) is 24.9 Å². The summed E-state index contributed by atoms with van der Waals surface area (Å²) in [6.45, 7) is 2.64. The van der Waals surface area contributed by atoms with E-state index >= 15 is 0 Å². The Morgan fingerprint density at radius 3 is 2.33 bits per heavy atom. The molecular weight excluding hydrogens is 362 g/mol. The number of benzene rings is 2. The molecule has 27 heavy (non-hydrogen) atoms. The van der Waals surface area contributed by atoms with Crippen LogP contribution >= 0.6 is 11.6 Å². The lowest BCUT2D eigenvalue weighted by atomic mass is 10.1. The normalized spacial score (nSPS) is 13.9. The van der Waals surface area contributed by atoms with Crippen LogP contribution in [0.3, 0.4) is 0 Å². The second-order valence-electron chi connectivity index (χ2n) is 6.65. The monoisotopic (exact) mass is 385 g/mol. The van der Waals surface area contributed by atoms with Crippen molar-refractivity contribution in [3.63, 3.8) is 0 Å². The number of hydrogen-bond donors (Lipinski definition) is 2. The Morgan fingerprint density at radius 1 is 0.926 bits per heavy atom. The smallest absolute Gasteiger partial charge is 0.313 e. The van der Waals surface area contributed by atoms with E-state index < -0.39 is 11.8 Å². The Morgan fingerprint density at radius 2 is 1.63 bits per heavy atom. The van der Waals surface area contributed by atoms with Crippen molar-refractivity contribution in [3.8, 4) is 0 Å². The van der Waals surface area contributed by atoms with Gasteiger partial charge in [-0.25, -0.2) is 0 Å². The lowest BCUT2D eigenvalue weighted by molar-refractivity contribution is -0.136. The standard InChI is InChI=1S/C21H24ClN3O2/c22-18-6-2-3-7-19(18)24-21(27)20(26)23-13-12-16-8-10-17(11-9-16)25-14-4-1-5-15-25/h2-3,6-11H,1,4-5,12-15H2,(H,23,26)(H,24,27). The molecule has 2 N–H and O–H groups in total. The molecule has 0 radical (unpaired) electrons. The van der Waals surface area contributed by atoms with Crippen molar-refractivity contribution in [2.24, 2.45) is 0 Å². The molecule has 142 valence electrons. The highest BCUT2D eigenvalue weighted by Gasteiger charge is 2.14. The first-order valence-electron chi connectivity index (χ1n) is 9.31. The Kier molecular flexibility index (Phi) is 6.71. The number of nitrogens with zero attached hydrogens (tertiary/aromatic N) is 1. The molecule has 2 aromatic carbocycles. The van der Waals surface area contributed by atoms with Crippen LogP contribution in [0.15, 0.2) is 48.5 Å². The summed E-state index contributed by atoms with van der Waals surface area (Å²) in [4.78, 5) is 26.3. The minimum atomic E-state index is -0.719. The van der Waals surface area contributed by atoms with Crippen molar-refractivity contribution in [2.75, 3.05) is 29.9 Å². The van der Waals surface area contributed by atoms with Crippen molar-refractivity contribution in [2.45, 2.75) is 25.7 Å². The van der Waals surface area contributed by atoms with Gasteiger partial charge in [-0.2, -0.15) is 0 Å². The van der Waals surface area contributed by atoms with E-state index in [0.29, 0.717) is 23.7 Å². The lowest BCUT2D eigenvalue weighted by Gasteiger charge is -2.28. The van der Waals surface area contributed by atoms with Crippen LogP contribution in [0.4, 0.5) is 11.4 Å². The average molecular weight is 386 g/mol. The van der Waals surface area contributed by atoms with Gasteiger partial charge in [0.1, 0.15) is 0 Å². The zero-order valence-electron chi connectivity index (χ0n) is 15.2. The van der Waals surface area contributed by atoms with Crippen molar-refractivity contribution < 1.29 is 9.59 Å². The molecule has 1 aliphatic rings. The molecule has 1 fully saturated rings. The first-order valence-corrected chi connectivity index (χ1v) is 9.69. The largest absolute Gasteiger partial charge is 0.372 e. The highest BCUT2D eigenvalue weighted by Crippen LogP contribution is 2.21. The van der Waals surface area contributed by atoms with Gasteiger partial charge in [-0.05, 0) is 55.5 Å². The molecule has 1 heterocycles. The number of carbonyl (C=O) groups is 2. The number of hydrogen-bond acceptors (Lipinski definition) is 3. The number of halogens is 1. The van der Waals surface area contributed by atoms with E-state index in [1.807, 2.05) is 0 Å². The molecule has 1 saturated heterocycles. The number of anilines is 2. The number of amides is 2. The Hall–Kier alpha value is -2.53. The molecule has 0 spiro atoms. The first-order chi connectivity index (χ1) is 13.1. The maximum absolute atomic E-state index is 11.9. The summed E-state index contributed by atoms with van der Waals surface area (Å²) in [5, 5.41) is 5.55. The topological polar surface area (TPSA) is 61.4 Å². The Balaban J connectivity index is 1.44. The van der Waals surface area contributed by atoms with E-state index in [4.69, 9.17) is 11.6 Å². The fourth-order valence-electron chi connectivity index (χ4n) is 3.17. The highest BCUT2D eigenvalue weighted by atomic mass is 35.5. The van der Waals surface area contributed by atoms with Gasteiger partial charge in [0.05, 0.1) is 10.7 Å². The van der Waals surface area contributed by atoms with E-state index in [-0.39, 0.29) is 0 Å². The summed E-state index contributed by atoms with van der Waals surface area (Å²) in [5.41, 5.74) is 2.80. The van der Waals surface area contributed by atoms with E-state index in [9.17, 15) is 9.59 Å². The molecular formula is C21H24ClN3O2. The van der Waals surface area contributed by atoms with Crippen LogP contribution in [-0.4, -0.2) is 31.4 Å². The molecule has 0 atom stereocenters. The Bertz CT molecular complexity index is 786. The number of nitrogens with one attached hydrogen (secondary N) is 2. The molecule has 2 aromatic rings. The highest BCUT2D eigenvalue weighted by molar-refractivity contribution is 6.41. The Labute approximate surface area is 164 Å². The number of para-hydroxylation sites is 1. The average Bonchev–Trinajstić information content (AvgIpc) is 2.71. The number of piperidine rings is 1. The number of rotatable bonds is 5. The summed E-state index contributed by atoms with van der Waals surface area (Å²) in [7, 11) is 0. The van der Waals surface area contributed by atoms with Gasteiger partial charge in [0.2, 0.25) is 0 Å². The number of carbonyl (C=O) groups excluding carboxylic acids is 2. The van der Waals surface area contributed by atoms with Crippen LogP contribution in [0.5, 0.6) is 0 Å². The maximum Gasteiger partial charge on any atom is 0.313 e. The lowest BCUT2D eigenvalue weighted by Crippen LogP contribution is -2.36. The first kappa shape index (κ1) is 19.2. The summed E-state index contributed by atoms with van der Waals surface area (Å²) in [6.07, 6.45) is 4.50. The fourth-order valence-corrected chi connectivity index (χ4v) is 3.35. The fraction of sp³-hybridized carbons (Fsp3) is 0.333. The summed E-state index contributed by atoms with van der Waals surface area (Å²) in [6, 6.07) is 15.2. The molecule has 0 unspecified atom stereocenters. The third-order valence-electron chi connectivity index (χ3n) is 4.69. The van der Waals surface area contributed by atoms with Gasteiger partial charge in [0, 0.05) is 25.3 Å². The van der Waals surface area contributed by atoms with Crippen molar-refractivity contribution in [1.29, 1.82) is 0 Å². The quantitative estimate of drug-likeness (QED) is 0.772.